The molecule has 2 rings (SSSR count). The van der Waals surface area contributed by atoms with Crippen molar-refractivity contribution in [2.24, 2.45) is 5.73 Å². The fourth-order valence-corrected chi connectivity index (χ4v) is 2.19. The van der Waals surface area contributed by atoms with Crippen LogP contribution in [0, 0.1) is 11.6 Å². The lowest BCUT2D eigenvalue weighted by Crippen LogP contribution is -2.25. The zero-order valence-electron chi connectivity index (χ0n) is 8.52. The first-order valence-corrected chi connectivity index (χ1v) is 6.08. The molecule has 1 aliphatic carbocycles. The van der Waals surface area contributed by atoms with Crippen molar-refractivity contribution in [2.45, 2.75) is 29.7 Å². The third kappa shape index (κ3) is 2.16. The number of nitrogens with two attached hydrogens (primary N) is 1. The second-order valence-electron chi connectivity index (χ2n) is 4.09. The Labute approximate surface area is 92.0 Å². The monoisotopic (exact) mass is 229 g/mol. The van der Waals surface area contributed by atoms with E-state index in [1.165, 1.54) is 12.1 Å². The average Bonchev–Trinajstić information content (AvgIpc) is 2.90. The highest BCUT2D eigenvalue weighted by molar-refractivity contribution is 7.98. The predicted octanol–water partition coefficient (Wildman–Crippen LogP) is 2.72. The van der Waals surface area contributed by atoms with Crippen molar-refractivity contribution in [3.8, 4) is 0 Å². The van der Waals surface area contributed by atoms with Crippen LogP contribution in [-0.4, -0.2) is 11.8 Å². The summed E-state index contributed by atoms with van der Waals surface area (Å²) in [5.74, 6) is -0.940. The Kier molecular flexibility index (Phi) is 2.73. The van der Waals surface area contributed by atoms with Gasteiger partial charge >= 0.3 is 0 Å². The molecule has 15 heavy (non-hydrogen) atoms. The van der Waals surface area contributed by atoms with Crippen LogP contribution in [0.1, 0.15) is 18.4 Å². The number of thioether (sulfide) groups is 1. The second kappa shape index (κ2) is 3.76. The van der Waals surface area contributed by atoms with Gasteiger partial charge in [0, 0.05) is 5.54 Å². The highest BCUT2D eigenvalue weighted by Crippen LogP contribution is 2.37. The number of rotatable bonds is 3. The molecule has 0 heterocycles. The van der Waals surface area contributed by atoms with E-state index in [0.717, 1.165) is 24.6 Å². The Morgan fingerprint density at radius 3 is 2.60 bits per heavy atom. The molecule has 1 nitrogen and oxygen atoms in total. The van der Waals surface area contributed by atoms with E-state index in [1.54, 1.807) is 6.26 Å². The van der Waals surface area contributed by atoms with E-state index in [-0.39, 0.29) is 10.4 Å². The number of hydrogen-bond acceptors (Lipinski definition) is 2. The van der Waals surface area contributed by atoms with Gasteiger partial charge in [-0.1, -0.05) is 6.07 Å². The first-order chi connectivity index (χ1) is 7.06. The highest BCUT2D eigenvalue weighted by Gasteiger charge is 2.38. The quantitative estimate of drug-likeness (QED) is 0.806. The van der Waals surface area contributed by atoms with Gasteiger partial charge in [-0.05, 0) is 37.1 Å². The van der Waals surface area contributed by atoms with Gasteiger partial charge in [0.05, 0.1) is 4.90 Å². The zero-order valence-corrected chi connectivity index (χ0v) is 9.33. The molecule has 82 valence electrons. The molecule has 0 radical (unpaired) electrons. The van der Waals surface area contributed by atoms with Gasteiger partial charge in [0.15, 0.2) is 0 Å². The first-order valence-electron chi connectivity index (χ1n) is 4.85. The Morgan fingerprint density at radius 2 is 2.07 bits per heavy atom. The fourth-order valence-electron chi connectivity index (χ4n) is 1.61. The minimum absolute atomic E-state index is 0.0942. The van der Waals surface area contributed by atoms with Crippen molar-refractivity contribution < 1.29 is 8.78 Å². The molecule has 1 aromatic carbocycles. The van der Waals surface area contributed by atoms with E-state index in [1.807, 2.05) is 0 Å². The largest absolute Gasteiger partial charge is 0.325 e. The molecule has 0 amide bonds. The molecule has 1 fully saturated rings. The number of benzene rings is 1. The summed E-state index contributed by atoms with van der Waals surface area (Å²) in [7, 11) is 0. The maximum atomic E-state index is 13.8. The van der Waals surface area contributed by atoms with Gasteiger partial charge in [0.2, 0.25) is 0 Å². The molecule has 1 aromatic rings. The number of hydrogen-bond donors (Lipinski definition) is 1. The molecule has 0 aliphatic heterocycles. The lowest BCUT2D eigenvalue weighted by Gasteiger charge is -2.11. The van der Waals surface area contributed by atoms with Gasteiger partial charge < -0.3 is 5.73 Å². The molecule has 4 heteroatoms. The fraction of sp³-hybridized carbons (Fsp3) is 0.455. The molecule has 0 aromatic heterocycles. The molecule has 1 aliphatic rings. The minimum Gasteiger partial charge on any atom is -0.325 e. The minimum atomic E-state index is -0.495. The smallest absolute Gasteiger partial charge is 0.142 e. The summed E-state index contributed by atoms with van der Waals surface area (Å²) in [6, 6.07) is 2.81. The Morgan fingerprint density at radius 1 is 1.40 bits per heavy atom. The summed E-state index contributed by atoms with van der Waals surface area (Å²) < 4.78 is 27.0. The van der Waals surface area contributed by atoms with Crippen molar-refractivity contribution in [3.63, 3.8) is 0 Å². The van der Waals surface area contributed by atoms with E-state index in [9.17, 15) is 8.78 Å². The van der Waals surface area contributed by atoms with Gasteiger partial charge in [-0.3, -0.25) is 0 Å². The van der Waals surface area contributed by atoms with Crippen LogP contribution < -0.4 is 5.73 Å². The lowest BCUT2D eigenvalue weighted by atomic mass is 10.0. The highest BCUT2D eigenvalue weighted by atomic mass is 32.2. The van der Waals surface area contributed by atoms with Gasteiger partial charge in [-0.25, -0.2) is 8.78 Å². The van der Waals surface area contributed by atoms with Crippen molar-refractivity contribution in [3.05, 3.63) is 29.3 Å². The van der Waals surface area contributed by atoms with Crippen LogP contribution in [0.25, 0.3) is 0 Å². The van der Waals surface area contributed by atoms with Crippen LogP contribution in [0.2, 0.25) is 0 Å². The molecule has 0 atom stereocenters. The van der Waals surface area contributed by atoms with Gasteiger partial charge in [0.25, 0.3) is 0 Å². The van der Waals surface area contributed by atoms with E-state index in [4.69, 9.17) is 5.73 Å². The van der Waals surface area contributed by atoms with Crippen molar-refractivity contribution >= 4 is 11.8 Å². The van der Waals surface area contributed by atoms with Crippen LogP contribution in [0.3, 0.4) is 0 Å². The van der Waals surface area contributed by atoms with Crippen molar-refractivity contribution in [2.75, 3.05) is 6.26 Å². The molecule has 0 saturated heterocycles. The summed E-state index contributed by atoms with van der Waals surface area (Å²) in [5, 5.41) is 0. The lowest BCUT2D eigenvalue weighted by molar-refractivity contribution is 0.520. The van der Waals surface area contributed by atoms with Gasteiger partial charge in [0.1, 0.15) is 11.6 Å². The second-order valence-corrected chi connectivity index (χ2v) is 4.91. The maximum absolute atomic E-state index is 13.8. The molecule has 0 bridgehead atoms. The zero-order chi connectivity index (χ0) is 11.1. The topological polar surface area (TPSA) is 26.0 Å². The summed E-state index contributed by atoms with van der Waals surface area (Å²) in [6.07, 6.45) is 4.03. The Balaban J connectivity index is 2.31. The molecule has 2 N–H and O–H groups in total. The average molecular weight is 229 g/mol. The Bertz CT molecular complexity index is 388. The third-order valence-corrected chi connectivity index (χ3v) is 3.55. The van der Waals surface area contributed by atoms with Gasteiger partial charge in [-0.15, -0.1) is 11.8 Å². The van der Waals surface area contributed by atoms with Crippen molar-refractivity contribution in [1.82, 2.24) is 0 Å². The summed E-state index contributed by atoms with van der Waals surface area (Å²) in [6.45, 7) is 0. The standard InChI is InChI=1S/C11H13F2NS/c1-15-10-8(12)3-2-7(9(10)13)6-11(14)4-5-11/h2-3H,4-6,14H2,1H3. The van der Waals surface area contributed by atoms with E-state index in [2.05, 4.69) is 0 Å². The normalized spacial score (nSPS) is 17.9. The Hall–Kier alpha value is -0.610. The van der Waals surface area contributed by atoms with Crippen LogP contribution in [0.4, 0.5) is 8.78 Å². The molecule has 1 saturated carbocycles. The predicted molar refractivity (Wildman–Crippen MR) is 58.0 cm³/mol. The van der Waals surface area contributed by atoms with E-state index in [0.29, 0.717) is 12.0 Å². The van der Waals surface area contributed by atoms with Gasteiger partial charge in [-0.2, -0.15) is 0 Å². The van der Waals surface area contributed by atoms with Crippen LogP contribution in [0.15, 0.2) is 17.0 Å². The molecule has 0 spiro atoms. The SMILES string of the molecule is CSc1c(F)ccc(CC2(N)CC2)c1F. The van der Waals surface area contributed by atoms with Crippen LogP contribution in [-0.2, 0) is 6.42 Å². The number of halogens is 2. The third-order valence-electron chi connectivity index (χ3n) is 2.77. The van der Waals surface area contributed by atoms with Crippen LogP contribution in [0.5, 0.6) is 0 Å². The summed E-state index contributed by atoms with van der Waals surface area (Å²) in [4.78, 5) is 0.0942. The summed E-state index contributed by atoms with van der Waals surface area (Å²) in [5.41, 5.74) is 6.20. The maximum Gasteiger partial charge on any atom is 0.142 e. The van der Waals surface area contributed by atoms with E-state index < -0.39 is 11.6 Å². The van der Waals surface area contributed by atoms with E-state index >= 15 is 0 Å². The van der Waals surface area contributed by atoms with Crippen molar-refractivity contribution in [1.29, 1.82) is 0 Å². The van der Waals surface area contributed by atoms with Crippen LogP contribution >= 0.6 is 11.8 Å². The molecular formula is C11H13F2NS. The molecule has 0 unspecified atom stereocenters. The summed E-state index contributed by atoms with van der Waals surface area (Å²) >= 11 is 1.09. The molecular weight excluding hydrogens is 216 g/mol. The first kappa shape index (κ1) is 10.9.